The smallest absolute Gasteiger partial charge is 0.0840 e. The minimum absolute atomic E-state index is 0.0969. The van der Waals surface area contributed by atoms with Gasteiger partial charge in [0.15, 0.2) is 0 Å². The topological polar surface area (TPSA) is 0 Å². The Morgan fingerprint density at radius 2 is 1.40 bits per heavy atom. The predicted octanol–water partition coefficient (Wildman–Crippen LogP) is 6.32. The van der Waals surface area contributed by atoms with E-state index in [9.17, 15) is 0 Å². The van der Waals surface area contributed by atoms with Gasteiger partial charge in [-0.2, -0.15) is 0 Å². The Hall–Kier alpha value is -0.790. The first-order valence-electron chi connectivity index (χ1n) is 6.80. The van der Waals surface area contributed by atoms with E-state index in [4.69, 9.17) is 11.6 Å². The molecule has 106 valence electrons. The number of aryl methyl sites for hydroxylation is 3. The van der Waals surface area contributed by atoms with Gasteiger partial charge in [-0.3, -0.25) is 0 Å². The molecule has 0 aliphatic carbocycles. The molecule has 0 fully saturated rings. The van der Waals surface area contributed by atoms with Gasteiger partial charge in [0.25, 0.3) is 0 Å². The summed E-state index contributed by atoms with van der Waals surface area (Å²) in [6, 6.07) is 8.58. The predicted molar refractivity (Wildman–Crippen MR) is 92.0 cm³/mol. The fourth-order valence-corrected chi connectivity index (χ4v) is 3.33. The molecule has 2 aromatic rings. The second-order valence-corrected chi connectivity index (χ2v) is 6.84. The summed E-state index contributed by atoms with van der Waals surface area (Å²) in [6.45, 7) is 10.7. The molecule has 1 unspecified atom stereocenters. The van der Waals surface area contributed by atoms with Crippen LogP contribution in [0.3, 0.4) is 0 Å². The number of halogens is 2. The van der Waals surface area contributed by atoms with Crippen LogP contribution in [0.25, 0.3) is 0 Å². The molecule has 0 saturated carbocycles. The summed E-state index contributed by atoms with van der Waals surface area (Å²) < 4.78 is 1.12. The van der Waals surface area contributed by atoms with Gasteiger partial charge in [-0.15, -0.1) is 11.6 Å². The third kappa shape index (κ3) is 2.80. The number of benzene rings is 2. The maximum Gasteiger partial charge on any atom is 0.0840 e. The fraction of sp³-hybridized carbons (Fsp3) is 0.333. The number of alkyl halides is 1. The monoisotopic (exact) mass is 350 g/mol. The molecule has 0 aliphatic heterocycles. The van der Waals surface area contributed by atoms with Gasteiger partial charge in [-0.25, -0.2) is 0 Å². The van der Waals surface area contributed by atoms with E-state index in [-0.39, 0.29) is 5.38 Å². The molecule has 20 heavy (non-hydrogen) atoms. The summed E-state index contributed by atoms with van der Waals surface area (Å²) in [5.74, 6) is 0. The molecule has 0 spiro atoms. The van der Waals surface area contributed by atoms with E-state index in [1.54, 1.807) is 0 Å². The zero-order valence-electron chi connectivity index (χ0n) is 12.6. The number of hydrogen-bond acceptors (Lipinski definition) is 0. The van der Waals surface area contributed by atoms with Crippen LogP contribution in [-0.2, 0) is 0 Å². The van der Waals surface area contributed by atoms with Crippen LogP contribution in [-0.4, -0.2) is 0 Å². The van der Waals surface area contributed by atoms with Gasteiger partial charge in [0.05, 0.1) is 5.38 Å². The van der Waals surface area contributed by atoms with Crippen LogP contribution >= 0.6 is 27.5 Å². The van der Waals surface area contributed by atoms with Crippen molar-refractivity contribution in [3.63, 3.8) is 0 Å². The molecular formula is C18H20BrCl. The minimum atomic E-state index is -0.0969. The lowest BCUT2D eigenvalue weighted by Crippen LogP contribution is -2.03. The second kappa shape index (κ2) is 5.91. The lowest BCUT2D eigenvalue weighted by atomic mass is 9.89. The summed E-state index contributed by atoms with van der Waals surface area (Å²) in [4.78, 5) is 0. The van der Waals surface area contributed by atoms with Crippen LogP contribution in [0.15, 0.2) is 28.7 Å². The van der Waals surface area contributed by atoms with E-state index in [0.29, 0.717) is 0 Å². The van der Waals surface area contributed by atoms with Crippen molar-refractivity contribution >= 4 is 27.5 Å². The maximum absolute atomic E-state index is 6.80. The molecule has 2 aromatic carbocycles. The van der Waals surface area contributed by atoms with Crippen LogP contribution in [0.5, 0.6) is 0 Å². The van der Waals surface area contributed by atoms with Gasteiger partial charge in [0.2, 0.25) is 0 Å². The van der Waals surface area contributed by atoms with E-state index in [2.05, 4.69) is 74.8 Å². The molecule has 0 aromatic heterocycles. The normalized spacial score (nSPS) is 12.6. The van der Waals surface area contributed by atoms with Gasteiger partial charge in [-0.1, -0.05) is 34.1 Å². The highest BCUT2D eigenvalue weighted by Gasteiger charge is 2.18. The van der Waals surface area contributed by atoms with Crippen molar-refractivity contribution in [1.29, 1.82) is 0 Å². The summed E-state index contributed by atoms with van der Waals surface area (Å²) >= 11 is 10.3. The van der Waals surface area contributed by atoms with Gasteiger partial charge < -0.3 is 0 Å². The SMILES string of the molecule is Cc1cc(C(Cl)c2c(C)c(C)cc(C)c2C)ccc1Br. The molecule has 2 heteroatoms. The van der Waals surface area contributed by atoms with Crippen molar-refractivity contribution in [2.75, 3.05) is 0 Å². The summed E-state index contributed by atoms with van der Waals surface area (Å²) in [6.07, 6.45) is 0. The molecule has 1 atom stereocenters. The average Bonchev–Trinajstić information content (AvgIpc) is 2.40. The molecule has 0 amide bonds. The van der Waals surface area contributed by atoms with E-state index in [0.717, 1.165) is 10.0 Å². The second-order valence-electron chi connectivity index (χ2n) is 5.55. The third-order valence-corrected chi connectivity index (χ3v) is 5.51. The molecule has 0 bridgehead atoms. The summed E-state index contributed by atoms with van der Waals surface area (Å²) in [5.41, 5.74) is 8.84. The van der Waals surface area contributed by atoms with E-state index < -0.39 is 0 Å². The van der Waals surface area contributed by atoms with Crippen LogP contribution in [0.1, 0.15) is 44.3 Å². The lowest BCUT2D eigenvalue weighted by molar-refractivity contribution is 1.05. The van der Waals surface area contributed by atoms with Crippen LogP contribution < -0.4 is 0 Å². The van der Waals surface area contributed by atoms with E-state index >= 15 is 0 Å². The van der Waals surface area contributed by atoms with Crippen LogP contribution in [0.4, 0.5) is 0 Å². The first-order valence-corrected chi connectivity index (χ1v) is 8.03. The Morgan fingerprint density at radius 1 is 0.850 bits per heavy atom. The van der Waals surface area contributed by atoms with Crippen LogP contribution in [0, 0.1) is 34.6 Å². The highest BCUT2D eigenvalue weighted by atomic mass is 79.9. The quantitative estimate of drug-likeness (QED) is 0.555. The molecule has 0 saturated heterocycles. The molecular weight excluding hydrogens is 332 g/mol. The molecule has 0 N–H and O–H groups in total. The van der Waals surface area contributed by atoms with Crippen LogP contribution in [0.2, 0.25) is 0 Å². The van der Waals surface area contributed by atoms with Gasteiger partial charge in [0.1, 0.15) is 0 Å². The molecule has 2 rings (SSSR count). The number of rotatable bonds is 2. The fourth-order valence-electron chi connectivity index (χ4n) is 2.62. The highest BCUT2D eigenvalue weighted by Crippen LogP contribution is 2.36. The Kier molecular flexibility index (Phi) is 4.61. The lowest BCUT2D eigenvalue weighted by Gasteiger charge is -2.20. The van der Waals surface area contributed by atoms with Gasteiger partial charge in [-0.05, 0) is 79.6 Å². The molecule has 0 nitrogen and oxygen atoms in total. The van der Waals surface area contributed by atoms with Gasteiger partial charge in [0, 0.05) is 4.47 Å². The van der Waals surface area contributed by atoms with Crippen molar-refractivity contribution in [2.24, 2.45) is 0 Å². The summed E-state index contributed by atoms with van der Waals surface area (Å²) in [7, 11) is 0. The molecule has 0 aliphatic rings. The average molecular weight is 352 g/mol. The first kappa shape index (κ1) is 15.6. The third-order valence-electron chi connectivity index (χ3n) is 4.15. The van der Waals surface area contributed by atoms with Crippen molar-refractivity contribution in [2.45, 2.75) is 40.0 Å². The van der Waals surface area contributed by atoms with E-state index in [1.165, 1.54) is 33.4 Å². The Labute approximate surface area is 135 Å². The molecule has 0 heterocycles. The Balaban J connectivity index is 2.58. The largest absolute Gasteiger partial charge is 0.113 e. The highest BCUT2D eigenvalue weighted by molar-refractivity contribution is 9.10. The van der Waals surface area contributed by atoms with Crippen molar-refractivity contribution in [3.05, 3.63) is 67.7 Å². The van der Waals surface area contributed by atoms with Crippen molar-refractivity contribution in [1.82, 2.24) is 0 Å². The maximum atomic E-state index is 6.80. The standard InChI is InChI=1S/C18H20BrCl/c1-10-8-11(2)14(5)17(13(10)4)18(20)15-6-7-16(19)12(3)9-15/h6-9,18H,1-5H3. The van der Waals surface area contributed by atoms with E-state index in [1.807, 2.05) is 0 Å². The zero-order chi connectivity index (χ0) is 15.0. The zero-order valence-corrected chi connectivity index (χ0v) is 15.0. The minimum Gasteiger partial charge on any atom is -0.113 e. The van der Waals surface area contributed by atoms with Crippen molar-refractivity contribution < 1.29 is 0 Å². The van der Waals surface area contributed by atoms with Crippen molar-refractivity contribution in [3.8, 4) is 0 Å². The Bertz CT molecular complexity index is 633. The summed E-state index contributed by atoms with van der Waals surface area (Å²) in [5, 5.41) is -0.0969. The molecule has 0 radical (unpaired) electrons. The first-order chi connectivity index (χ1) is 9.32. The van der Waals surface area contributed by atoms with Gasteiger partial charge >= 0.3 is 0 Å². The Morgan fingerprint density at radius 3 is 1.90 bits per heavy atom. The number of hydrogen-bond donors (Lipinski definition) is 0.